The summed E-state index contributed by atoms with van der Waals surface area (Å²) in [7, 11) is 1.59. The number of methoxy groups -OCH3 is 1. The summed E-state index contributed by atoms with van der Waals surface area (Å²) in [6.45, 7) is 9.88. The highest BCUT2D eigenvalue weighted by Gasteiger charge is 2.30. The van der Waals surface area contributed by atoms with Gasteiger partial charge < -0.3 is 19.7 Å². The predicted molar refractivity (Wildman–Crippen MR) is 122 cm³/mol. The molecule has 2 aromatic carbocycles. The maximum Gasteiger partial charge on any atom is 0.261 e. The second-order valence-corrected chi connectivity index (χ2v) is 8.64. The molecule has 0 aliphatic carbocycles. The van der Waals surface area contributed by atoms with Gasteiger partial charge in [-0.25, -0.2) is 0 Å². The van der Waals surface area contributed by atoms with Crippen LogP contribution in [0.2, 0.25) is 0 Å². The molecule has 0 fully saturated rings. The normalized spacial score (nSPS) is 12.1. The van der Waals surface area contributed by atoms with Gasteiger partial charge in [-0.15, -0.1) is 0 Å². The average Bonchev–Trinajstić information content (AvgIpc) is 2.71. The topological polar surface area (TPSA) is 67.9 Å². The van der Waals surface area contributed by atoms with Gasteiger partial charge in [0.05, 0.1) is 7.11 Å². The zero-order chi connectivity index (χ0) is 23.0. The Morgan fingerprint density at radius 2 is 1.71 bits per heavy atom. The molecule has 0 bridgehead atoms. The maximum atomic E-state index is 13.2. The van der Waals surface area contributed by atoms with Crippen molar-refractivity contribution in [3.63, 3.8) is 0 Å². The molecule has 0 aromatic heterocycles. The number of carbonyl (C=O) groups excluding carboxylic acids is 2. The predicted octanol–water partition coefficient (Wildman–Crippen LogP) is 4.10. The van der Waals surface area contributed by atoms with Gasteiger partial charge in [0.25, 0.3) is 5.91 Å². The highest BCUT2D eigenvalue weighted by atomic mass is 16.5. The van der Waals surface area contributed by atoms with E-state index in [-0.39, 0.29) is 24.0 Å². The van der Waals surface area contributed by atoms with Crippen LogP contribution in [0.15, 0.2) is 48.5 Å². The summed E-state index contributed by atoms with van der Waals surface area (Å²) in [6, 6.07) is 14.4. The standard InChI is InChI=1S/C25H34N2O4/c1-7-22(24(29)26-25(3,4)5)27(16-19-10-8-9-18(2)15-19)23(28)17-31-21-13-11-20(30-6)12-14-21/h8-15,22H,7,16-17H2,1-6H3,(H,26,29)/t22-/m0/s1. The Kier molecular flexibility index (Phi) is 8.48. The number of benzene rings is 2. The molecular formula is C25H34N2O4. The molecule has 0 saturated carbocycles. The van der Waals surface area contributed by atoms with Crippen LogP contribution in [0.3, 0.4) is 0 Å². The summed E-state index contributed by atoms with van der Waals surface area (Å²) in [5.74, 6) is 0.871. The molecule has 0 heterocycles. The molecule has 2 aromatic rings. The van der Waals surface area contributed by atoms with E-state index in [1.54, 1.807) is 36.3 Å². The molecule has 168 valence electrons. The third-order valence-corrected chi connectivity index (χ3v) is 4.74. The van der Waals surface area contributed by atoms with Gasteiger partial charge >= 0.3 is 0 Å². The Bertz CT molecular complexity index is 872. The van der Waals surface area contributed by atoms with Crippen molar-refractivity contribution in [2.24, 2.45) is 0 Å². The third-order valence-electron chi connectivity index (χ3n) is 4.74. The van der Waals surface area contributed by atoms with E-state index in [2.05, 4.69) is 5.32 Å². The minimum absolute atomic E-state index is 0.155. The third kappa shape index (κ3) is 7.63. The number of nitrogens with one attached hydrogen (secondary N) is 1. The molecule has 0 radical (unpaired) electrons. The van der Waals surface area contributed by atoms with E-state index in [0.717, 1.165) is 11.1 Å². The van der Waals surface area contributed by atoms with Crippen molar-refractivity contribution < 1.29 is 19.1 Å². The van der Waals surface area contributed by atoms with E-state index in [0.29, 0.717) is 24.5 Å². The van der Waals surface area contributed by atoms with Crippen LogP contribution in [0.5, 0.6) is 11.5 Å². The van der Waals surface area contributed by atoms with Crippen molar-refractivity contribution in [2.75, 3.05) is 13.7 Å². The number of carbonyl (C=O) groups is 2. The molecule has 2 amide bonds. The minimum atomic E-state index is -0.591. The van der Waals surface area contributed by atoms with Crippen molar-refractivity contribution in [3.8, 4) is 11.5 Å². The van der Waals surface area contributed by atoms with Gasteiger partial charge in [0, 0.05) is 12.1 Å². The summed E-state index contributed by atoms with van der Waals surface area (Å²) >= 11 is 0. The van der Waals surface area contributed by atoms with Crippen LogP contribution < -0.4 is 14.8 Å². The fourth-order valence-corrected chi connectivity index (χ4v) is 3.28. The zero-order valence-corrected chi connectivity index (χ0v) is 19.4. The SMILES string of the molecule is CC[C@@H](C(=O)NC(C)(C)C)N(Cc1cccc(C)c1)C(=O)COc1ccc(OC)cc1. The molecular weight excluding hydrogens is 392 g/mol. The zero-order valence-electron chi connectivity index (χ0n) is 19.4. The Labute approximate surface area is 185 Å². The lowest BCUT2D eigenvalue weighted by Gasteiger charge is -2.33. The summed E-state index contributed by atoms with van der Waals surface area (Å²) in [6.07, 6.45) is 0.502. The lowest BCUT2D eigenvalue weighted by Crippen LogP contribution is -2.54. The fraction of sp³-hybridized carbons (Fsp3) is 0.440. The molecule has 6 heteroatoms. The molecule has 1 N–H and O–H groups in total. The highest BCUT2D eigenvalue weighted by molar-refractivity contribution is 5.88. The van der Waals surface area contributed by atoms with Gasteiger partial charge in [-0.1, -0.05) is 36.8 Å². The highest BCUT2D eigenvalue weighted by Crippen LogP contribution is 2.19. The van der Waals surface area contributed by atoms with Gasteiger partial charge in [0.2, 0.25) is 5.91 Å². The van der Waals surface area contributed by atoms with E-state index in [1.807, 2.05) is 58.9 Å². The van der Waals surface area contributed by atoms with E-state index in [4.69, 9.17) is 9.47 Å². The summed E-state index contributed by atoms with van der Waals surface area (Å²) < 4.78 is 10.9. The molecule has 0 saturated heterocycles. The first-order valence-corrected chi connectivity index (χ1v) is 10.6. The van der Waals surface area contributed by atoms with Crippen LogP contribution in [-0.4, -0.2) is 42.0 Å². The first-order valence-electron chi connectivity index (χ1n) is 10.6. The number of nitrogens with zero attached hydrogens (tertiary/aromatic N) is 1. The second-order valence-electron chi connectivity index (χ2n) is 8.64. The van der Waals surface area contributed by atoms with Crippen LogP contribution in [-0.2, 0) is 16.1 Å². The van der Waals surface area contributed by atoms with Crippen LogP contribution >= 0.6 is 0 Å². The molecule has 0 spiro atoms. The van der Waals surface area contributed by atoms with E-state index < -0.39 is 6.04 Å². The quantitative estimate of drug-likeness (QED) is 0.655. The van der Waals surface area contributed by atoms with Crippen LogP contribution in [0, 0.1) is 6.92 Å². The minimum Gasteiger partial charge on any atom is -0.497 e. The van der Waals surface area contributed by atoms with Crippen LogP contribution in [0.25, 0.3) is 0 Å². The fourth-order valence-electron chi connectivity index (χ4n) is 3.28. The summed E-state index contributed by atoms with van der Waals surface area (Å²) in [4.78, 5) is 27.8. The van der Waals surface area contributed by atoms with Gasteiger partial charge in [0.15, 0.2) is 6.61 Å². The first-order chi connectivity index (χ1) is 14.6. The molecule has 0 aliphatic heterocycles. The molecule has 2 rings (SSSR count). The van der Waals surface area contributed by atoms with Gasteiger partial charge in [-0.05, 0) is 63.9 Å². The summed E-state index contributed by atoms with van der Waals surface area (Å²) in [5, 5.41) is 3.00. The Balaban J connectivity index is 2.21. The van der Waals surface area contributed by atoms with Crippen molar-refractivity contribution in [3.05, 3.63) is 59.7 Å². The first kappa shape index (κ1) is 24.3. The van der Waals surface area contributed by atoms with Crippen molar-refractivity contribution >= 4 is 11.8 Å². The van der Waals surface area contributed by atoms with Gasteiger partial charge in [-0.2, -0.15) is 0 Å². The van der Waals surface area contributed by atoms with Crippen LogP contribution in [0.4, 0.5) is 0 Å². The van der Waals surface area contributed by atoms with Gasteiger partial charge in [-0.3, -0.25) is 9.59 Å². The molecule has 0 aliphatic rings. The Hall–Kier alpha value is -3.02. The van der Waals surface area contributed by atoms with Gasteiger partial charge in [0.1, 0.15) is 17.5 Å². The maximum absolute atomic E-state index is 13.2. The number of ether oxygens (including phenoxy) is 2. The van der Waals surface area contributed by atoms with Crippen molar-refractivity contribution in [1.29, 1.82) is 0 Å². The number of hydrogen-bond acceptors (Lipinski definition) is 4. The lowest BCUT2D eigenvalue weighted by molar-refractivity contribution is -0.143. The smallest absolute Gasteiger partial charge is 0.261 e. The number of rotatable bonds is 9. The van der Waals surface area contributed by atoms with Crippen molar-refractivity contribution in [1.82, 2.24) is 10.2 Å². The second kappa shape index (κ2) is 10.8. The van der Waals surface area contributed by atoms with E-state index in [1.165, 1.54) is 0 Å². The van der Waals surface area contributed by atoms with Crippen molar-refractivity contribution in [2.45, 2.75) is 59.2 Å². The van der Waals surface area contributed by atoms with E-state index >= 15 is 0 Å². The number of amides is 2. The molecule has 6 nitrogen and oxygen atoms in total. The van der Waals surface area contributed by atoms with E-state index in [9.17, 15) is 9.59 Å². The lowest BCUT2D eigenvalue weighted by atomic mass is 10.1. The molecule has 31 heavy (non-hydrogen) atoms. The Morgan fingerprint density at radius 1 is 1.06 bits per heavy atom. The number of hydrogen-bond donors (Lipinski definition) is 1. The van der Waals surface area contributed by atoms with Crippen LogP contribution in [0.1, 0.15) is 45.2 Å². The average molecular weight is 427 g/mol. The monoisotopic (exact) mass is 426 g/mol. The number of aryl methyl sites for hydroxylation is 1. The molecule has 0 unspecified atom stereocenters. The summed E-state index contributed by atoms with van der Waals surface area (Å²) in [5.41, 5.74) is 1.69. The molecule has 1 atom stereocenters. The largest absolute Gasteiger partial charge is 0.497 e. The Morgan fingerprint density at radius 3 is 2.26 bits per heavy atom.